The molecule has 2 aromatic rings. The Labute approximate surface area is 173 Å². The summed E-state index contributed by atoms with van der Waals surface area (Å²) in [6.07, 6.45) is 0. The molecule has 0 radical (unpaired) electrons. The molecule has 1 unspecified atom stereocenters. The van der Waals surface area contributed by atoms with E-state index in [1.165, 1.54) is 4.90 Å². The highest BCUT2D eigenvalue weighted by atomic mass is 35.5. The van der Waals surface area contributed by atoms with Crippen LogP contribution in [0.4, 0.5) is 0 Å². The van der Waals surface area contributed by atoms with Crippen molar-refractivity contribution < 1.29 is 14.7 Å². The second-order valence-electron chi connectivity index (χ2n) is 6.83. The maximum atomic E-state index is 12.8. The fourth-order valence-corrected chi connectivity index (χ4v) is 3.73. The highest BCUT2D eigenvalue weighted by molar-refractivity contribution is 6.47. The van der Waals surface area contributed by atoms with Gasteiger partial charge in [-0.05, 0) is 31.8 Å². The van der Waals surface area contributed by atoms with Gasteiger partial charge in [0, 0.05) is 28.7 Å². The van der Waals surface area contributed by atoms with Crippen molar-refractivity contribution in [2.75, 3.05) is 27.2 Å². The van der Waals surface area contributed by atoms with Crippen molar-refractivity contribution in [3.63, 3.8) is 0 Å². The van der Waals surface area contributed by atoms with E-state index >= 15 is 0 Å². The number of likely N-dealkylation sites (tertiary alicyclic amines) is 1. The molecular weight excluding hydrogens is 399 g/mol. The third-order valence-corrected chi connectivity index (χ3v) is 5.19. The molecule has 1 N–H and O–H groups in total. The maximum absolute atomic E-state index is 12.8. The molecule has 5 nitrogen and oxygen atoms in total. The number of aliphatic hydroxyl groups is 1. The Bertz CT molecular complexity index is 942. The van der Waals surface area contributed by atoms with E-state index in [1.807, 2.05) is 19.0 Å². The van der Waals surface area contributed by atoms with Gasteiger partial charge >= 0.3 is 0 Å². The van der Waals surface area contributed by atoms with Crippen LogP contribution in [-0.4, -0.2) is 53.8 Å². The normalized spacial score (nSPS) is 18.9. The lowest BCUT2D eigenvalue weighted by atomic mass is 9.95. The molecule has 0 bridgehead atoms. The van der Waals surface area contributed by atoms with Crippen LogP contribution in [-0.2, 0) is 9.59 Å². The monoisotopic (exact) mass is 418 g/mol. The summed E-state index contributed by atoms with van der Waals surface area (Å²) in [5.74, 6) is -1.60. The van der Waals surface area contributed by atoms with Crippen molar-refractivity contribution in [1.82, 2.24) is 9.80 Å². The number of ketones is 1. The van der Waals surface area contributed by atoms with E-state index in [2.05, 4.69) is 0 Å². The molecule has 0 saturated carbocycles. The molecule has 1 aliphatic heterocycles. The molecule has 1 aliphatic rings. The number of Topliss-reactive ketones (excluding diaryl/α,β-unsaturated/α-hetero) is 1. The Balaban J connectivity index is 2.18. The van der Waals surface area contributed by atoms with Crippen LogP contribution in [0.15, 0.2) is 54.1 Å². The highest BCUT2D eigenvalue weighted by Crippen LogP contribution is 2.42. The molecular formula is C21H20Cl2N2O3. The minimum atomic E-state index is -0.787. The van der Waals surface area contributed by atoms with Gasteiger partial charge in [-0.15, -0.1) is 0 Å². The number of hydrogen-bond acceptors (Lipinski definition) is 4. The van der Waals surface area contributed by atoms with Crippen molar-refractivity contribution >= 4 is 40.7 Å². The minimum absolute atomic E-state index is 0.0270. The maximum Gasteiger partial charge on any atom is 0.295 e. The third-order valence-electron chi connectivity index (χ3n) is 4.63. The summed E-state index contributed by atoms with van der Waals surface area (Å²) in [4.78, 5) is 29.0. The molecule has 0 aromatic heterocycles. The van der Waals surface area contributed by atoms with Crippen LogP contribution in [0.1, 0.15) is 17.2 Å². The molecule has 0 spiro atoms. The number of hydrogen-bond donors (Lipinski definition) is 1. The molecule has 0 aliphatic carbocycles. The van der Waals surface area contributed by atoms with E-state index in [4.69, 9.17) is 23.2 Å². The zero-order valence-corrected chi connectivity index (χ0v) is 17.0. The van der Waals surface area contributed by atoms with Crippen LogP contribution in [0.25, 0.3) is 5.76 Å². The molecule has 28 heavy (non-hydrogen) atoms. The summed E-state index contributed by atoms with van der Waals surface area (Å²) in [5, 5.41) is 11.7. The lowest BCUT2D eigenvalue weighted by Crippen LogP contribution is -2.35. The second kappa shape index (κ2) is 8.35. The van der Waals surface area contributed by atoms with E-state index in [9.17, 15) is 14.7 Å². The number of benzene rings is 2. The molecule has 3 rings (SSSR count). The Hall–Kier alpha value is -2.34. The molecule has 1 heterocycles. The highest BCUT2D eigenvalue weighted by Gasteiger charge is 2.46. The van der Waals surface area contributed by atoms with Crippen LogP contribution in [0.3, 0.4) is 0 Å². The fraction of sp³-hybridized carbons (Fsp3) is 0.238. The Morgan fingerprint density at radius 1 is 1.11 bits per heavy atom. The smallest absolute Gasteiger partial charge is 0.295 e. The molecule has 1 fully saturated rings. The largest absolute Gasteiger partial charge is 0.507 e. The van der Waals surface area contributed by atoms with Gasteiger partial charge in [0.1, 0.15) is 5.76 Å². The molecule has 146 valence electrons. The number of nitrogens with zero attached hydrogens (tertiary/aromatic N) is 2. The van der Waals surface area contributed by atoms with Gasteiger partial charge in [-0.2, -0.15) is 0 Å². The molecule has 7 heteroatoms. The number of likely N-dealkylation sites (N-methyl/N-ethyl adjacent to an activating group) is 1. The van der Waals surface area contributed by atoms with Gasteiger partial charge in [0.05, 0.1) is 11.6 Å². The molecule has 1 atom stereocenters. The lowest BCUT2D eigenvalue weighted by molar-refractivity contribution is -0.140. The zero-order valence-electron chi connectivity index (χ0n) is 15.5. The quantitative estimate of drug-likeness (QED) is 0.453. The number of rotatable bonds is 5. The summed E-state index contributed by atoms with van der Waals surface area (Å²) in [7, 11) is 3.76. The van der Waals surface area contributed by atoms with Gasteiger partial charge in [-0.3, -0.25) is 9.59 Å². The van der Waals surface area contributed by atoms with Gasteiger partial charge in [0.25, 0.3) is 11.7 Å². The van der Waals surface area contributed by atoms with Crippen molar-refractivity contribution in [1.29, 1.82) is 0 Å². The summed E-state index contributed by atoms with van der Waals surface area (Å²) >= 11 is 12.4. The van der Waals surface area contributed by atoms with E-state index < -0.39 is 17.7 Å². The van der Waals surface area contributed by atoms with Gasteiger partial charge in [-0.25, -0.2) is 0 Å². The first kappa shape index (κ1) is 20.4. The van der Waals surface area contributed by atoms with Gasteiger partial charge in [0.15, 0.2) is 0 Å². The predicted molar refractivity (Wildman–Crippen MR) is 110 cm³/mol. The summed E-state index contributed by atoms with van der Waals surface area (Å²) < 4.78 is 0. The predicted octanol–water partition coefficient (Wildman–Crippen LogP) is 3.98. The number of aliphatic hydroxyl groups excluding tert-OH is 1. The summed E-state index contributed by atoms with van der Waals surface area (Å²) in [6, 6.07) is 12.8. The van der Waals surface area contributed by atoms with E-state index in [-0.39, 0.29) is 11.3 Å². The van der Waals surface area contributed by atoms with Crippen LogP contribution >= 0.6 is 23.2 Å². The Morgan fingerprint density at radius 3 is 2.39 bits per heavy atom. The SMILES string of the molecule is CN(C)CCN1C(=O)C(=O)C(=C(O)c2ccccc2)C1c1ccc(Cl)cc1Cl. The summed E-state index contributed by atoms with van der Waals surface area (Å²) in [6.45, 7) is 0.868. The van der Waals surface area contributed by atoms with Crippen molar-refractivity contribution in [3.05, 3.63) is 75.3 Å². The van der Waals surface area contributed by atoms with Crippen molar-refractivity contribution in [3.8, 4) is 0 Å². The number of carbonyl (C=O) groups is 2. The minimum Gasteiger partial charge on any atom is -0.507 e. The lowest BCUT2D eigenvalue weighted by Gasteiger charge is -2.27. The van der Waals surface area contributed by atoms with Crippen LogP contribution < -0.4 is 0 Å². The Kier molecular flexibility index (Phi) is 6.08. The van der Waals surface area contributed by atoms with Gasteiger partial charge < -0.3 is 14.9 Å². The average molecular weight is 419 g/mol. The molecule has 1 saturated heterocycles. The first-order chi connectivity index (χ1) is 13.3. The van der Waals surface area contributed by atoms with E-state index in [0.717, 1.165) is 0 Å². The molecule has 1 amide bonds. The van der Waals surface area contributed by atoms with Crippen molar-refractivity contribution in [2.24, 2.45) is 0 Å². The number of halogens is 2. The first-order valence-corrected chi connectivity index (χ1v) is 9.50. The topological polar surface area (TPSA) is 60.9 Å². The van der Waals surface area contributed by atoms with Crippen LogP contribution in [0.5, 0.6) is 0 Å². The van der Waals surface area contributed by atoms with Crippen molar-refractivity contribution in [2.45, 2.75) is 6.04 Å². The van der Waals surface area contributed by atoms with Crippen LogP contribution in [0, 0.1) is 0 Å². The van der Waals surface area contributed by atoms with E-state index in [0.29, 0.717) is 34.3 Å². The molecule has 2 aromatic carbocycles. The first-order valence-electron chi connectivity index (χ1n) is 8.74. The van der Waals surface area contributed by atoms with Gasteiger partial charge in [0.2, 0.25) is 0 Å². The zero-order chi connectivity index (χ0) is 20.4. The van der Waals surface area contributed by atoms with Crippen LogP contribution in [0.2, 0.25) is 10.0 Å². The standard InChI is InChI=1S/C21H20Cl2N2O3/c1-24(2)10-11-25-18(15-9-8-14(22)12-16(15)23)17(20(27)21(25)28)19(26)13-6-4-3-5-7-13/h3-9,12,18,26H,10-11H2,1-2H3. The number of carbonyl (C=O) groups excluding carboxylic acids is 2. The third kappa shape index (κ3) is 3.92. The van der Waals surface area contributed by atoms with Gasteiger partial charge in [-0.1, -0.05) is 59.6 Å². The van der Waals surface area contributed by atoms with E-state index in [1.54, 1.807) is 48.5 Å². The number of amides is 1. The summed E-state index contributed by atoms with van der Waals surface area (Å²) in [5.41, 5.74) is 1.03. The second-order valence-corrected chi connectivity index (χ2v) is 7.67. The Morgan fingerprint density at radius 2 is 1.79 bits per heavy atom. The average Bonchev–Trinajstić information content (AvgIpc) is 2.91. The fourth-order valence-electron chi connectivity index (χ4n) is 3.22.